The van der Waals surface area contributed by atoms with Crippen LogP contribution in [0.25, 0.3) is 10.9 Å². The Balaban J connectivity index is 1.58. The number of hydrogen-bond donors (Lipinski definition) is 5. The van der Waals surface area contributed by atoms with E-state index in [-0.39, 0.29) is 36.3 Å². The predicted molar refractivity (Wildman–Crippen MR) is 207 cm³/mol. The normalized spacial score (nSPS) is 14.5. The number of unbranched alkanes of at least 4 members (excludes halogenated alkanes) is 12. The molecule has 1 aliphatic rings. The van der Waals surface area contributed by atoms with E-state index in [0.29, 0.717) is 44.6 Å². The van der Waals surface area contributed by atoms with Crippen LogP contribution in [0.4, 0.5) is 0 Å². The zero-order chi connectivity index (χ0) is 36.8. The number of aliphatic imine (C=N–C) groups is 1. The van der Waals surface area contributed by atoms with Gasteiger partial charge in [0.25, 0.3) is 0 Å². The first-order valence-electron chi connectivity index (χ1n) is 19.9. The SMILES string of the molecule is CCCCCCCCCCCCCCCC(=O)C[C@H](Cc1c[nH]c2ccccc12)C(=O)N[C@@H](CCCN=C(N)N)C(=O)C[C@@H](CC1CC1)C(N)=O. The van der Waals surface area contributed by atoms with Gasteiger partial charge in [-0.25, -0.2) is 0 Å². The maximum Gasteiger partial charge on any atom is 0.224 e. The molecule has 10 heteroatoms. The molecule has 1 saturated carbocycles. The number of amides is 2. The van der Waals surface area contributed by atoms with Crippen molar-refractivity contribution in [1.29, 1.82) is 0 Å². The number of primary amides is 1. The summed E-state index contributed by atoms with van der Waals surface area (Å²) in [6.07, 6.45) is 22.3. The van der Waals surface area contributed by atoms with Gasteiger partial charge in [0.2, 0.25) is 11.8 Å². The molecule has 1 aromatic heterocycles. The molecule has 2 amide bonds. The van der Waals surface area contributed by atoms with Crippen LogP contribution in [0.15, 0.2) is 35.5 Å². The van der Waals surface area contributed by atoms with E-state index in [1.165, 1.54) is 64.2 Å². The summed E-state index contributed by atoms with van der Waals surface area (Å²) in [6.45, 7) is 2.56. The Kier molecular flexibility index (Phi) is 19.4. The zero-order valence-electron chi connectivity index (χ0n) is 31.3. The lowest BCUT2D eigenvalue weighted by atomic mass is 9.89. The highest BCUT2D eigenvalue weighted by molar-refractivity contribution is 5.94. The maximum atomic E-state index is 14.0. The van der Waals surface area contributed by atoms with Gasteiger partial charge in [-0.15, -0.1) is 0 Å². The summed E-state index contributed by atoms with van der Waals surface area (Å²) in [6, 6.07) is 7.06. The number of benzene rings is 1. The second kappa shape index (κ2) is 23.7. The number of aromatic nitrogens is 1. The summed E-state index contributed by atoms with van der Waals surface area (Å²) in [4.78, 5) is 60.5. The Morgan fingerprint density at radius 3 is 2.06 bits per heavy atom. The number of nitrogens with one attached hydrogen (secondary N) is 2. The Morgan fingerprint density at radius 1 is 0.824 bits per heavy atom. The van der Waals surface area contributed by atoms with Crippen molar-refractivity contribution in [2.24, 2.45) is 39.9 Å². The largest absolute Gasteiger partial charge is 0.370 e. The summed E-state index contributed by atoms with van der Waals surface area (Å²) < 4.78 is 0. The fourth-order valence-electron chi connectivity index (χ4n) is 7.09. The van der Waals surface area contributed by atoms with E-state index in [9.17, 15) is 19.2 Å². The lowest BCUT2D eigenvalue weighted by molar-refractivity contribution is -0.133. The van der Waals surface area contributed by atoms with Crippen molar-refractivity contribution in [3.05, 3.63) is 36.0 Å². The molecule has 0 bridgehead atoms. The Morgan fingerprint density at radius 2 is 1.45 bits per heavy atom. The zero-order valence-corrected chi connectivity index (χ0v) is 31.3. The highest BCUT2D eigenvalue weighted by atomic mass is 16.2. The molecular weight excluding hydrogens is 640 g/mol. The molecule has 0 spiro atoms. The maximum absolute atomic E-state index is 14.0. The molecule has 3 rings (SSSR count). The summed E-state index contributed by atoms with van der Waals surface area (Å²) in [5.74, 6) is -1.83. The molecule has 1 fully saturated rings. The number of Topliss-reactive ketones (excluding diaryl/α,β-unsaturated/α-hetero) is 2. The van der Waals surface area contributed by atoms with E-state index < -0.39 is 23.8 Å². The van der Waals surface area contributed by atoms with Gasteiger partial charge in [-0.05, 0) is 49.7 Å². The predicted octanol–water partition coefficient (Wildman–Crippen LogP) is 7.17. The highest BCUT2D eigenvalue weighted by Gasteiger charge is 2.33. The smallest absolute Gasteiger partial charge is 0.224 e. The highest BCUT2D eigenvalue weighted by Crippen LogP contribution is 2.36. The van der Waals surface area contributed by atoms with Gasteiger partial charge >= 0.3 is 0 Å². The molecular formula is C41H66N6O4. The Labute approximate surface area is 305 Å². The summed E-state index contributed by atoms with van der Waals surface area (Å²) in [5.41, 5.74) is 18.6. The number of ketones is 2. The second-order valence-electron chi connectivity index (χ2n) is 15.0. The Bertz CT molecular complexity index is 1380. The number of hydrogen-bond acceptors (Lipinski definition) is 5. The molecule has 1 aliphatic carbocycles. The van der Waals surface area contributed by atoms with Gasteiger partial charge in [0.1, 0.15) is 5.78 Å². The molecule has 3 atom stereocenters. The minimum Gasteiger partial charge on any atom is -0.370 e. The number of aromatic amines is 1. The first-order valence-corrected chi connectivity index (χ1v) is 19.9. The van der Waals surface area contributed by atoms with Crippen LogP contribution in [0.1, 0.15) is 147 Å². The van der Waals surface area contributed by atoms with Crippen molar-refractivity contribution in [1.82, 2.24) is 10.3 Å². The van der Waals surface area contributed by atoms with Crippen molar-refractivity contribution >= 4 is 40.2 Å². The van der Waals surface area contributed by atoms with E-state index >= 15 is 0 Å². The van der Waals surface area contributed by atoms with Crippen LogP contribution in [-0.4, -0.2) is 46.9 Å². The number of rotatable bonds is 30. The standard InChI is InChI=1S/C41H66N6O4/c1-2-3-4-5-6-7-8-9-10-11-12-13-14-18-34(48)27-32(26-33-29-46-36-20-16-15-19-35(33)36)40(51)47-37(21-17-24-45-41(43)44)38(49)28-31(39(42)50)25-30-22-23-30/h15-16,19-20,29-32,37,46H,2-14,17-18,21-28H2,1H3,(H2,42,50)(H,47,51)(H4,43,44,45)/t31-,32+,37+/m1/s1. The molecule has 284 valence electrons. The third-order valence-electron chi connectivity index (χ3n) is 10.4. The van der Waals surface area contributed by atoms with E-state index in [4.69, 9.17) is 17.2 Å². The number of fused-ring (bicyclic) bond motifs is 1. The van der Waals surface area contributed by atoms with Crippen LogP contribution < -0.4 is 22.5 Å². The number of para-hydroxylation sites is 1. The molecule has 1 heterocycles. The molecule has 0 radical (unpaired) electrons. The summed E-state index contributed by atoms with van der Waals surface area (Å²) in [5, 5.41) is 4.00. The van der Waals surface area contributed by atoms with E-state index in [2.05, 4.69) is 22.2 Å². The number of carbonyl (C=O) groups is 4. The minimum absolute atomic E-state index is 0.0236. The number of carbonyl (C=O) groups excluding carboxylic acids is 4. The molecule has 1 aromatic carbocycles. The minimum atomic E-state index is -0.839. The lowest BCUT2D eigenvalue weighted by Crippen LogP contribution is -2.45. The second-order valence-corrected chi connectivity index (χ2v) is 15.0. The van der Waals surface area contributed by atoms with Crippen LogP contribution in [0.5, 0.6) is 0 Å². The molecule has 10 nitrogen and oxygen atoms in total. The first-order chi connectivity index (χ1) is 24.7. The first kappa shape index (κ1) is 41.7. The van der Waals surface area contributed by atoms with E-state index in [1.54, 1.807) is 0 Å². The van der Waals surface area contributed by atoms with Gasteiger partial charge in [-0.2, -0.15) is 0 Å². The van der Waals surface area contributed by atoms with Crippen LogP contribution in [0, 0.1) is 17.8 Å². The number of nitrogens with two attached hydrogens (primary N) is 3. The van der Waals surface area contributed by atoms with Crippen LogP contribution in [0.3, 0.4) is 0 Å². The molecule has 51 heavy (non-hydrogen) atoms. The summed E-state index contributed by atoms with van der Waals surface area (Å²) in [7, 11) is 0. The van der Waals surface area contributed by atoms with Gasteiger partial charge in [0.15, 0.2) is 11.7 Å². The van der Waals surface area contributed by atoms with Gasteiger partial charge < -0.3 is 27.5 Å². The average molecular weight is 707 g/mol. The third kappa shape index (κ3) is 16.9. The van der Waals surface area contributed by atoms with Gasteiger partial charge in [0, 0.05) is 54.7 Å². The number of nitrogens with zero attached hydrogens (tertiary/aromatic N) is 1. The van der Waals surface area contributed by atoms with Crippen molar-refractivity contribution in [2.75, 3.05) is 6.54 Å². The van der Waals surface area contributed by atoms with Crippen molar-refractivity contribution in [3.8, 4) is 0 Å². The number of H-pyrrole nitrogens is 1. The quantitative estimate of drug-likeness (QED) is 0.0326. The average Bonchev–Trinajstić information content (AvgIpc) is 3.84. The van der Waals surface area contributed by atoms with E-state index in [1.807, 2.05) is 30.5 Å². The van der Waals surface area contributed by atoms with Crippen LogP contribution in [0.2, 0.25) is 0 Å². The molecule has 2 aromatic rings. The van der Waals surface area contributed by atoms with Crippen molar-refractivity contribution < 1.29 is 19.2 Å². The lowest BCUT2D eigenvalue weighted by Gasteiger charge is -2.23. The van der Waals surface area contributed by atoms with Gasteiger partial charge in [0.05, 0.1) is 6.04 Å². The van der Waals surface area contributed by atoms with E-state index in [0.717, 1.165) is 48.6 Å². The van der Waals surface area contributed by atoms with Gasteiger partial charge in [-0.1, -0.05) is 115 Å². The van der Waals surface area contributed by atoms with Crippen molar-refractivity contribution in [2.45, 2.75) is 154 Å². The van der Waals surface area contributed by atoms with Crippen LogP contribution in [-0.2, 0) is 25.6 Å². The summed E-state index contributed by atoms with van der Waals surface area (Å²) >= 11 is 0. The molecule has 0 unspecified atom stereocenters. The third-order valence-corrected chi connectivity index (χ3v) is 10.4. The monoisotopic (exact) mass is 707 g/mol. The van der Waals surface area contributed by atoms with Gasteiger partial charge in [-0.3, -0.25) is 24.2 Å². The topological polar surface area (TPSA) is 187 Å². The van der Waals surface area contributed by atoms with Crippen LogP contribution >= 0.6 is 0 Å². The Hall–Kier alpha value is -3.69. The van der Waals surface area contributed by atoms with Crippen molar-refractivity contribution in [3.63, 3.8) is 0 Å². The molecule has 0 saturated heterocycles. The molecule has 0 aliphatic heterocycles. The molecule has 8 N–H and O–H groups in total. The fraction of sp³-hybridized carbons (Fsp3) is 0.683. The fourth-order valence-corrected chi connectivity index (χ4v) is 7.09. The number of guanidine groups is 1.